The second-order valence-corrected chi connectivity index (χ2v) is 6.38. The Labute approximate surface area is 121 Å². The number of thiazole rings is 1. The maximum Gasteiger partial charge on any atom is 0.107 e. The summed E-state index contributed by atoms with van der Waals surface area (Å²) in [7, 11) is 0. The average molecular weight is 281 g/mol. The molecule has 0 radical (unpaired) electrons. The van der Waals surface area contributed by atoms with Crippen LogP contribution in [0, 0.1) is 0 Å². The Bertz CT molecular complexity index is 358. The van der Waals surface area contributed by atoms with Crippen molar-refractivity contribution >= 4 is 11.3 Å². The van der Waals surface area contributed by atoms with E-state index in [4.69, 9.17) is 4.98 Å². The smallest absolute Gasteiger partial charge is 0.107 e. The van der Waals surface area contributed by atoms with Gasteiger partial charge in [-0.05, 0) is 45.3 Å². The highest BCUT2D eigenvalue weighted by Gasteiger charge is 2.21. The number of hydrogen-bond acceptors (Lipinski definition) is 4. The van der Waals surface area contributed by atoms with Gasteiger partial charge in [0.1, 0.15) is 5.01 Å². The van der Waals surface area contributed by atoms with E-state index < -0.39 is 0 Å². The van der Waals surface area contributed by atoms with Gasteiger partial charge in [0, 0.05) is 11.4 Å². The number of rotatable bonds is 7. The lowest BCUT2D eigenvalue weighted by molar-refractivity contribution is 0.154. The molecule has 1 saturated heterocycles. The minimum absolute atomic E-state index is 0.750. The van der Waals surface area contributed by atoms with E-state index in [9.17, 15) is 0 Å². The van der Waals surface area contributed by atoms with Crippen LogP contribution < -0.4 is 5.32 Å². The summed E-state index contributed by atoms with van der Waals surface area (Å²) in [5.41, 5.74) is 1.28. The van der Waals surface area contributed by atoms with E-state index in [1.165, 1.54) is 56.0 Å². The summed E-state index contributed by atoms with van der Waals surface area (Å²) in [6, 6.07) is 0.750. The fourth-order valence-corrected chi connectivity index (χ4v) is 3.67. The first-order valence-corrected chi connectivity index (χ1v) is 8.59. The molecule has 1 aromatic heterocycles. The molecule has 0 saturated carbocycles. The van der Waals surface area contributed by atoms with Gasteiger partial charge in [-0.3, -0.25) is 4.90 Å². The van der Waals surface area contributed by atoms with Crippen LogP contribution in [-0.4, -0.2) is 35.6 Å². The average Bonchev–Trinajstić information content (AvgIpc) is 2.87. The molecule has 108 valence electrons. The Kier molecular flexibility index (Phi) is 6.28. The molecule has 1 aliphatic rings. The highest BCUT2D eigenvalue weighted by atomic mass is 32.1. The fourth-order valence-electron chi connectivity index (χ4n) is 2.82. The number of hydrogen-bond donors (Lipinski definition) is 1. The summed E-state index contributed by atoms with van der Waals surface area (Å²) < 4.78 is 0. The molecule has 1 aromatic rings. The number of piperidine rings is 1. The topological polar surface area (TPSA) is 28.2 Å². The third-order valence-electron chi connectivity index (χ3n) is 3.78. The van der Waals surface area contributed by atoms with Gasteiger partial charge in [0.25, 0.3) is 0 Å². The Morgan fingerprint density at radius 1 is 1.32 bits per heavy atom. The Morgan fingerprint density at radius 3 is 2.79 bits per heavy atom. The van der Waals surface area contributed by atoms with Gasteiger partial charge in [0.05, 0.1) is 12.2 Å². The van der Waals surface area contributed by atoms with Crippen molar-refractivity contribution in [1.29, 1.82) is 0 Å². The summed E-state index contributed by atoms with van der Waals surface area (Å²) in [5.74, 6) is 0. The van der Waals surface area contributed by atoms with Crippen LogP contribution in [0.3, 0.4) is 0 Å². The molecule has 2 heterocycles. The highest BCUT2D eigenvalue weighted by Crippen LogP contribution is 2.19. The third-order valence-corrected chi connectivity index (χ3v) is 4.66. The molecule has 1 fully saturated rings. The predicted octanol–water partition coefficient (Wildman–Crippen LogP) is 3.06. The van der Waals surface area contributed by atoms with Crippen molar-refractivity contribution in [3.05, 3.63) is 16.1 Å². The Hall–Kier alpha value is -0.450. The SMILES string of the molecule is CCCc1csc(CN(CCC)C2CCNCC2)n1. The largest absolute Gasteiger partial charge is 0.317 e. The van der Waals surface area contributed by atoms with Gasteiger partial charge in [-0.2, -0.15) is 0 Å². The molecule has 19 heavy (non-hydrogen) atoms. The van der Waals surface area contributed by atoms with Gasteiger partial charge in [-0.15, -0.1) is 11.3 Å². The zero-order valence-electron chi connectivity index (χ0n) is 12.3. The number of aryl methyl sites for hydroxylation is 1. The molecule has 0 spiro atoms. The van der Waals surface area contributed by atoms with Crippen molar-refractivity contribution in [3.63, 3.8) is 0 Å². The quantitative estimate of drug-likeness (QED) is 0.832. The van der Waals surface area contributed by atoms with Crippen LogP contribution in [0.25, 0.3) is 0 Å². The normalized spacial score (nSPS) is 17.2. The van der Waals surface area contributed by atoms with E-state index in [1.807, 2.05) is 11.3 Å². The number of aromatic nitrogens is 1. The van der Waals surface area contributed by atoms with Crippen molar-refractivity contribution in [1.82, 2.24) is 15.2 Å². The van der Waals surface area contributed by atoms with Crippen molar-refractivity contribution in [3.8, 4) is 0 Å². The lowest BCUT2D eigenvalue weighted by Crippen LogP contribution is -2.43. The molecule has 3 nitrogen and oxygen atoms in total. The summed E-state index contributed by atoms with van der Waals surface area (Å²) in [5, 5.41) is 7.00. The highest BCUT2D eigenvalue weighted by molar-refractivity contribution is 7.09. The van der Waals surface area contributed by atoms with E-state index in [0.29, 0.717) is 0 Å². The fraction of sp³-hybridized carbons (Fsp3) is 0.800. The molecule has 4 heteroatoms. The Balaban J connectivity index is 1.94. The third kappa shape index (κ3) is 4.55. The first-order chi connectivity index (χ1) is 9.33. The molecule has 0 bridgehead atoms. The minimum atomic E-state index is 0.750. The van der Waals surface area contributed by atoms with Gasteiger partial charge in [0.2, 0.25) is 0 Å². The standard InChI is InChI=1S/C15H27N3S/c1-3-5-13-12-19-15(17-13)11-18(10-4-2)14-6-8-16-9-7-14/h12,14,16H,3-11H2,1-2H3. The number of nitrogens with one attached hydrogen (secondary N) is 1. The van der Waals surface area contributed by atoms with E-state index >= 15 is 0 Å². The summed E-state index contributed by atoms with van der Waals surface area (Å²) in [4.78, 5) is 7.43. The van der Waals surface area contributed by atoms with Gasteiger partial charge >= 0.3 is 0 Å². The van der Waals surface area contributed by atoms with Crippen LogP contribution >= 0.6 is 11.3 Å². The van der Waals surface area contributed by atoms with Crippen LogP contribution in [0.5, 0.6) is 0 Å². The van der Waals surface area contributed by atoms with E-state index in [2.05, 4.69) is 29.4 Å². The molecule has 0 unspecified atom stereocenters. The molecule has 2 rings (SSSR count). The Morgan fingerprint density at radius 2 is 2.11 bits per heavy atom. The van der Waals surface area contributed by atoms with Crippen molar-refractivity contribution in [2.75, 3.05) is 19.6 Å². The predicted molar refractivity (Wildman–Crippen MR) is 82.7 cm³/mol. The van der Waals surface area contributed by atoms with Crippen LogP contribution in [0.4, 0.5) is 0 Å². The maximum absolute atomic E-state index is 4.78. The molecular formula is C15H27N3S. The lowest BCUT2D eigenvalue weighted by atomic mass is 10.0. The van der Waals surface area contributed by atoms with Crippen molar-refractivity contribution < 1.29 is 0 Å². The van der Waals surface area contributed by atoms with E-state index in [-0.39, 0.29) is 0 Å². The monoisotopic (exact) mass is 281 g/mol. The van der Waals surface area contributed by atoms with Crippen LogP contribution in [0.15, 0.2) is 5.38 Å². The zero-order chi connectivity index (χ0) is 13.5. The van der Waals surface area contributed by atoms with Crippen LogP contribution in [0.1, 0.15) is 50.2 Å². The van der Waals surface area contributed by atoms with Crippen LogP contribution in [0.2, 0.25) is 0 Å². The van der Waals surface area contributed by atoms with E-state index in [1.54, 1.807) is 0 Å². The maximum atomic E-state index is 4.78. The molecular weight excluding hydrogens is 254 g/mol. The van der Waals surface area contributed by atoms with Gasteiger partial charge in [-0.1, -0.05) is 20.3 Å². The zero-order valence-corrected chi connectivity index (χ0v) is 13.1. The summed E-state index contributed by atoms with van der Waals surface area (Å²) in [6.45, 7) is 9.09. The van der Waals surface area contributed by atoms with E-state index in [0.717, 1.165) is 19.0 Å². The van der Waals surface area contributed by atoms with Gasteiger partial charge in [0.15, 0.2) is 0 Å². The summed E-state index contributed by atoms with van der Waals surface area (Å²) in [6.07, 6.45) is 6.12. The van der Waals surface area contributed by atoms with Crippen LogP contribution in [-0.2, 0) is 13.0 Å². The first kappa shape index (κ1) is 14.9. The molecule has 0 atom stereocenters. The molecule has 1 N–H and O–H groups in total. The molecule has 0 aliphatic carbocycles. The lowest BCUT2D eigenvalue weighted by Gasteiger charge is -2.33. The molecule has 0 aromatic carbocycles. The molecule has 1 aliphatic heterocycles. The summed E-state index contributed by atoms with van der Waals surface area (Å²) >= 11 is 1.84. The van der Waals surface area contributed by atoms with Gasteiger partial charge in [-0.25, -0.2) is 4.98 Å². The van der Waals surface area contributed by atoms with Crippen molar-refractivity contribution in [2.45, 2.75) is 58.5 Å². The second-order valence-electron chi connectivity index (χ2n) is 5.43. The van der Waals surface area contributed by atoms with Gasteiger partial charge < -0.3 is 5.32 Å². The van der Waals surface area contributed by atoms with Crippen molar-refractivity contribution in [2.24, 2.45) is 0 Å². The second kappa shape index (κ2) is 7.98. The first-order valence-electron chi connectivity index (χ1n) is 7.71. The number of nitrogens with zero attached hydrogens (tertiary/aromatic N) is 2. The molecule has 0 amide bonds. The minimum Gasteiger partial charge on any atom is -0.317 e.